The van der Waals surface area contributed by atoms with Gasteiger partial charge >= 0.3 is 0 Å². The van der Waals surface area contributed by atoms with Gasteiger partial charge in [-0.2, -0.15) is 5.10 Å². The van der Waals surface area contributed by atoms with Gasteiger partial charge in [0.2, 0.25) is 0 Å². The second kappa shape index (κ2) is 5.77. The first-order chi connectivity index (χ1) is 9.81. The number of hydrogen-bond acceptors (Lipinski definition) is 4. The molecule has 5 nitrogen and oxygen atoms in total. The van der Waals surface area contributed by atoms with E-state index in [0.717, 1.165) is 31.3 Å². The van der Waals surface area contributed by atoms with Crippen molar-refractivity contribution in [1.82, 2.24) is 20.0 Å². The normalized spacial score (nSPS) is 14.4. The third-order valence-corrected chi connectivity index (χ3v) is 3.37. The molecule has 20 heavy (non-hydrogen) atoms. The van der Waals surface area contributed by atoms with Crippen LogP contribution in [-0.2, 0) is 13.1 Å². The standard InChI is InChI=1S/C15H19N5/c1-19-10-8-16-15(19)17-11-14-7-9-20(18-14)12-13-5-3-2-4-6-13/h2-7,9H,8,10-12H2,1H3,(H,16,17). The Labute approximate surface area is 118 Å². The maximum atomic E-state index is 4.57. The second-order valence-electron chi connectivity index (χ2n) is 4.97. The summed E-state index contributed by atoms with van der Waals surface area (Å²) < 4.78 is 1.96. The fourth-order valence-corrected chi connectivity index (χ4v) is 2.25. The number of nitrogens with zero attached hydrogens (tertiary/aromatic N) is 4. The maximum absolute atomic E-state index is 4.57. The first-order valence-electron chi connectivity index (χ1n) is 6.87. The Kier molecular flexibility index (Phi) is 3.67. The van der Waals surface area contributed by atoms with Gasteiger partial charge in [-0.25, -0.2) is 0 Å². The molecule has 0 fully saturated rings. The van der Waals surface area contributed by atoms with Crippen LogP contribution in [0.25, 0.3) is 0 Å². The van der Waals surface area contributed by atoms with E-state index in [1.54, 1.807) is 0 Å². The zero-order chi connectivity index (χ0) is 13.8. The van der Waals surface area contributed by atoms with Crippen molar-refractivity contribution in [3.63, 3.8) is 0 Å². The summed E-state index contributed by atoms with van der Waals surface area (Å²) in [4.78, 5) is 6.53. The number of rotatable bonds is 4. The summed E-state index contributed by atoms with van der Waals surface area (Å²) in [6.07, 6.45) is 2.02. The Morgan fingerprint density at radius 1 is 1.20 bits per heavy atom. The second-order valence-corrected chi connectivity index (χ2v) is 4.97. The molecule has 0 aliphatic carbocycles. The molecule has 1 aromatic carbocycles. The van der Waals surface area contributed by atoms with Crippen LogP contribution in [-0.4, -0.2) is 40.8 Å². The maximum Gasteiger partial charge on any atom is 0.194 e. The molecule has 3 rings (SSSR count). The van der Waals surface area contributed by atoms with Gasteiger partial charge < -0.3 is 10.2 Å². The van der Waals surface area contributed by atoms with E-state index in [1.807, 2.05) is 30.1 Å². The Bertz CT molecular complexity index is 587. The summed E-state index contributed by atoms with van der Waals surface area (Å²) in [5, 5.41) is 7.90. The first-order valence-corrected chi connectivity index (χ1v) is 6.87. The predicted octanol–water partition coefficient (Wildman–Crippen LogP) is 1.32. The molecule has 1 aliphatic rings. The van der Waals surface area contributed by atoms with Crippen LogP contribution in [0.5, 0.6) is 0 Å². The zero-order valence-electron chi connectivity index (χ0n) is 11.7. The average molecular weight is 269 g/mol. The van der Waals surface area contributed by atoms with Crippen LogP contribution < -0.4 is 5.32 Å². The van der Waals surface area contributed by atoms with E-state index >= 15 is 0 Å². The van der Waals surface area contributed by atoms with Crippen LogP contribution in [0, 0.1) is 0 Å². The highest BCUT2D eigenvalue weighted by Gasteiger charge is 2.11. The van der Waals surface area contributed by atoms with Gasteiger partial charge in [-0.15, -0.1) is 0 Å². The van der Waals surface area contributed by atoms with Gasteiger partial charge in [0.05, 0.1) is 25.3 Å². The number of aliphatic imine (C=N–C) groups is 1. The molecule has 0 radical (unpaired) electrons. The minimum absolute atomic E-state index is 0.713. The highest BCUT2D eigenvalue weighted by atomic mass is 15.3. The van der Waals surface area contributed by atoms with Crippen molar-refractivity contribution in [2.45, 2.75) is 13.1 Å². The Morgan fingerprint density at radius 3 is 2.80 bits per heavy atom. The lowest BCUT2D eigenvalue weighted by atomic mass is 10.2. The van der Waals surface area contributed by atoms with Gasteiger partial charge in [0, 0.05) is 19.8 Å². The van der Waals surface area contributed by atoms with Crippen LogP contribution in [0.1, 0.15) is 11.3 Å². The van der Waals surface area contributed by atoms with Gasteiger partial charge in [-0.1, -0.05) is 30.3 Å². The topological polar surface area (TPSA) is 45.5 Å². The predicted molar refractivity (Wildman–Crippen MR) is 79.5 cm³/mol. The Morgan fingerprint density at radius 2 is 2.05 bits per heavy atom. The number of likely N-dealkylation sites (N-methyl/N-ethyl adjacent to an activating group) is 1. The average Bonchev–Trinajstić information content (AvgIpc) is 3.07. The molecule has 0 bridgehead atoms. The van der Waals surface area contributed by atoms with E-state index in [4.69, 9.17) is 0 Å². The summed E-state index contributed by atoms with van der Waals surface area (Å²) in [6, 6.07) is 12.4. The number of guanidine groups is 1. The lowest BCUT2D eigenvalue weighted by Crippen LogP contribution is -2.35. The monoisotopic (exact) mass is 269 g/mol. The molecule has 2 heterocycles. The third kappa shape index (κ3) is 2.99. The summed E-state index contributed by atoms with van der Waals surface area (Å²) >= 11 is 0. The molecule has 0 unspecified atom stereocenters. The van der Waals surface area contributed by atoms with Crippen molar-refractivity contribution in [3.05, 3.63) is 53.9 Å². The fraction of sp³-hybridized carbons (Fsp3) is 0.333. The molecular weight excluding hydrogens is 250 g/mol. The van der Waals surface area contributed by atoms with E-state index in [0.29, 0.717) is 6.54 Å². The molecule has 0 saturated heterocycles. The van der Waals surface area contributed by atoms with Crippen molar-refractivity contribution in [2.24, 2.45) is 4.99 Å². The molecular formula is C15H19N5. The van der Waals surface area contributed by atoms with Gasteiger partial charge in [0.1, 0.15) is 0 Å². The Hall–Kier alpha value is -2.30. The van der Waals surface area contributed by atoms with Crippen molar-refractivity contribution >= 4 is 5.96 Å². The molecule has 0 saturated carbocycles. The van der Waals surface area contributed by atoms with Gasteiger partial charge in [-0.3, -0.25) is 9.67 Å². The van der Waals surface area contributed by atoms with Crippen LogP contribution in [0.15, 0.2) is 47.6 Å². The molecule has 0 atom stereocenters. The first kappa shape index (κ1) is 12.7. The molecule has 0 spiro atoms. The number of nitrogens with one attached hydrogen (secondary N) is 1. The quantitative estimate of drug-likeness (QED) is 0.910. The van der Waals surface area contributed by atoms with Gasteiger partial charge in [0.15, 0.2) is 5.96 Å². The zero-order valence-corrected chi connectivity index (χ0v) is 11.7. The van der Waals surface area contributed by atoms with Crippen LogP contribution in [0.4, 0.5) is 0 Å². The molecule has 1 aromatic heterocycles. The van der Waals surface area contributed by atoms with Crippen LogP contribution in [0.2, 0.25) is 0 Å². The lowest BCUT2D eigenvalue weighted by molar-refractivity contribution is 0.532. The highest BCUT2D eigenvalue weighted by Crippen LogP contribution is 2.03. The summed E-state index contributed by atoms with van der Waals surface area (Å²) in [5.74, 6) is 0.961. The van der Waals surface area contributed by atoms with Crippen molar-refractivity contribution in [2.75, 3.05) is 20.1 Å². The molecule has 104 valence electrons. The SMILES string of the molecule is CN1CCN=C1NCc1ccn(Cc2ccccc2)n1. The third-order valence-electron chi connectivity index (χ3n) is 3.37. The Balaban J connectivity index is 1.57. The summed E-state index contributed by atoms with van der Waals surface area (Å²) in [6.45, 7) is 3.39. The van der Waals surface area contributed by atoms with Crippen molar-refractivity contribution in [3.8, 4) is 0 Å². The van der Waals surface area contributed by atoms with Crippen LogP contribution in [0.3, 0.4) is 0 Å². The minimum Gasteiger partial charge on any atom is -0.351 e. The highest BCUT2D eigenvalue weighted by molar-refractivity contribution is 5.81. The van der Waals surface area contributed by atoms with E-state index in [-0.39, 0.29) is 0 Å². The number of benzene rings is 1. The molecule has 0 amide bonds. The molecule has 2 aromatic rings. The largest absolute Gasteiger partial charge is 0.351 e. The summed E-state index contributed by atoms with van der Waals surface area (Å²) in [7, 11) is 2.05. The van der Waals surface area contributed by atoms with E-state index < -0.39 is 0 Å². The summed E-state index contributed by atoms with van der Waals surface area (Å²) in [5.41, 5.74) is 2.29. The van der Waals surface area contributed by atoms with E-state index in [1.165, 1.54) is 5.56 Å². The smallest absolute Gasteiger partial charge is 0.194 e. The molecule has 1 aliphatic heterocycles. The molecule has 5 heteroatoms. The van der Waals surface area contributed by atoms with Crippen molar-refractivity contribution in [1.29, 1.82) is 0 Å². The van der Waals surface area contributed by atoms with E-state index in [2.05, 4.69) is 44.6 Å². The van der Waals surface area contributed by atoms with Crippen molar-refractivity contribution < 1.29 is 0 Å². The van der Waals surface area contributed by atoms with E-state index in [9.17, 15) is 0 Å². The number of aromatic nitrogens is 2. The fourth-order valence-electron chi connectivity index (χ4n) is 2.25. The minimum atomic E-state index is 0.713. The van der Waals surface area contributed by atoms with Crippen LogP contribution >= 0.6 is 0 Å². The van der Waals surface area contributed by atoms with Gasteiger partial charge in [0.25, 0.3) is 0 Å². The number of hydrogen-bond donors (Lipinski definition) is 1. The lowest BCUT2D eigenvalue weighted by Gasteiger charge is -2.14. The van der Waals surface area contributed by atoms with Gasteiger partial charge in [-0.05, 0) is 11.6 Å². The molecule has 1 N–H and O–H groups in total.